The number of pyridine rings is 1. The molecule has 4 nitrogen and oxygen atoms in total. The van der Waals surface area contributed by atoms with Crippen molar-refractivity contribution in [2.45, 2.75) is 25.7 Å². The van der Waals surface area contributed by atoms with Crippen LogP contribution in [0.4, 0.5) is 5.82 Å². The number of nitrogens with one attached hydrogen (secondary N) is 1. The molecule has 0 radical (unpaired) electrons. The zero-order chi connectivity index (χ0) is 13.2. The second kappa shape index (κ2) is 5.19. The van der Waals surface area contributed by atoms with E-state index in [0.29, 0.717) is 11.4 Å². The fourth-order valence-corrected chi connectivity index (χ4v) is 2.41. The smallest absolute Gasteiger partial charge is 0.257 e. The predicted octanol–water partition coefficient (Wildman–Crippen LogP) is 2.39. The van der Waals surface area contributed by atoms with Crippen LogP contribution in [0.2, 0.25) is 0 Å². The van der Waals surface area contributed by atoms with Crippen molar-refractivity contribution in [2.75, 3.05) is 25.5 Å². The average molecular weight is 259 g/mol. The molecule has 0 unspecified atom stereocenters. The third kappa shape index (κ3) is 3.06. The molecule has 2 aliphatic carbocycles. The minimum atomic E-state index is 0.135. The molecule has 1 aromatic heterocycles. The minimum Gasteiger partial charge on any atom is -0.372 e. The van der Waals surface area contributed by atoms with Crippen molar-refractivity contribution in [3.8, 4) is 0 Å². The van der Waals surface area contributed by atoms with Crippen molar-refractivity contribution in [1.82, 2.24) is 9.88 Å². The summed E-state index contributed by atoms with van der Waals surface area (Å²) < 4.78 is 0. The number of aromatic nitrogens is 1. The van der Waals surface area contributed by atoms with E-state index in [4.69, 9.17) is 0 Å². The van der Waals surface area contributed by atoms with Crippen molar-refractivity contribution < 1.29 is 4.79 Å². The van der Waals surface area contributed by atoms with Crippen molar-refractivity contribution in [3.05, 3.63) is 23.9 Å². The van der Waals surface area contributed by atoms with E-state index >= 15 is 0 Å². The second-order valence-corrected chi connectivity index (χ2v) is 5.75. The van der Waals surface area contributed by atoms with Gasteiger partial charge in [0.2, 0.25) is 0 Å². The molecule has 0 aromatic carbocycles. The number of anilines is 1. The van der Waals surface area contributed by atoms with E-state index in [1.54, 1.807) is 6.20 Å². The van der Waals surface area contributed by atoms with Crippen molar-refractivity contribution in [1.29, 1.82) is 0 Å². The number of hydrogen-bond acceptors (Lipinski definition) is 3. The Bertz CT molecular complexity index is 452. The van der Waals surface area contributed by atoms with Crippen LogP contribution < -0.4 is 5.32 Å². The highest BCUT2D eigenvalue weighted by Crippen LogP contribution is 2.34. The van der Waals surface area contributed by atoms with E-state index in [0.717, 1.165) is 24.9 Å². The van der Waals surface area contributed by atoms with Crippen molar-refractivity contribution in [3.63, 3.8) is 0 Å². The van der Waals surface area contributed by atoms with E-state index in [-0.39, 0.29) is 5.91 Å². The molecule has 2 fully saturated rings. The molecule has 3 rings (SSSR count). The SMILES string of the molecule is CNc1ncccc1C(=O)N(CC1CC1)CC1CC1. The molecule has 102 valence electrons. The van der Waals surface area contributed by atoms with Crippen molar-refractivity contribution in [2.24, 2.45) is 11.8 Å². The summed E-state index contributed by atoms with van der Waals surface area (Å²) in [5.41, 5.74) is 0.700. The lowest BCUT2D eigenvalue weighted by Gasteiger charge is -2.23. The maximum atomic E-state index is 12.7. The minimum absolute atomic E-state index is 0.135. The summed E-state index contributed by atoms with van der Waals surface area (Å²) in [5.74, 6) is 2.29. The Morgan fingerprint density at radius 2 is 1.95 bits per heavy atom. The number of amides is 1. The molecule has 2 saturated carbocycles. The van der Waals surface area contributed by atoms with Gasteiger partial charge in [-0.05, 0) is 49.7 Å². The summed E-state index contributed by atoms with van der Waals surface area (Å²) in [6.07, 6.45) is 6.83. The number of hydrogen-bond donors (Lipinski definition) is 1. The first-order valence-corrected chi connectivity index (χ1v) is 7.20. The van der Waals surface area contributed by atoms with Crippen LogP contribution in [-0.4, -0.2) is 35.9 Å². The molecule has 2 aliphatic rings. The standard InChI is InChI=1S/C15H21N3O/c1-16-14-13(3-2-8-17-14)15(19)18(9-11-4-5-11)10-12-6-7-12/h2-3,8,11-12H,4-7,9-10H2,1H3,(H,16,17). The van der Waals surface area contributed by atoms with Crippen molar-refractivity contribution >= 4 is 11.7 Å². The van der Waals surface area contributed by atoms with Gasteiger partial charge < -0.3 is 10.2 Å². The zero-order valence-electron chi connectivity index (χ0n) is 11.4. The van der Waals surface area contributed by atoms with Gasteiger partial charge in [0.15, 0.2) is 0 Å². The van der Waals surface area contributed by atoms with Gasteiger partial charge >= 0.3 is 0 Å². The molecule has 1 heterocycles. The molecular weight excluding hydrogens is 238 g/mol. The van der Waals surface area contributed by atoms with E-state index in [1.165, 1.54) is 25.7 Å². The summed E-state index contributed by atoms with van der Waals surface area (Å²) >= 11 is 0. The van der Waals surface area contributed by atoms with Crippen LogP contribution in [0.25, 0.3) is 0 Å². The predicted molar refractivity (Wildman–Crippen MR) is 75.1 cm³/mol. The average Bonchev–Trinajstić information content (AvgIpc) is 3.32. The summed E-state index contributed by atoms with van der Waals surface area (Å²) in [5, 5.41) is 3.01. The monoisotopic (exact) mass is 259 g/mol. The number of rotatable bonds is 6. The molecular formula is C15H21N3O. The van der Waals surface area contributed by atoms with Crippen LogP contribution in [0.5, 0.6) is 0 Å². The van der Waals surface area contributed by atoms with Gasteiger partial charge in [-0.2, -0.15) is 0 Å². The number of nitrogens with zero attached hydrogens (tertiary/aromatic N) is 2. The highest BCUT2D eigenvalue weighted by Gasteiger charge is 2.32. The highest BCUT2D eigenvalue weighted by molar-refractivity contribution is 5.98. The Morgan fingerprint density at radius 3 is 2.47 bits per heavy atom. The molecule has 0 bridgehead atoms. The third-order valence-corrected chi connectivity index (χ3v) is 3.91. The first-order valence-electron chi connectivity index (χ1n) is 7.20. The van der Waals surface area contributed by atoms with E-state index in [9.17, 15) is 4.79 Å². The maximum absolute atomic E-state index is 12.7. The molecule has 19 heavy (non-hydrogen) atoms. The van der Waals surface area contributed by atoms with Gasteiger partial charge in [-0.25, -0.2) is 4.98 Å². The molecule has 0 saturated heterocycles. The summed E-state index contributed by atoms with van der Waals surface area (Å²) in [7, 11) is 1.81. The topological polar surface area (TPSA) is 45.2 Å². The van der Waals surface area contributed by atoms with Crippen LogP contribution >= 0.6 is 0 Å². The van der Waals surface area contributed by atoms with E-state index in [1.807, 2.05) is 24.1 Å². The lowest BCUT2D eigenvalue weighted by molar-refractivity contribution is 0.0740. The highest BCUT2D eigenvalue weighted by atomic mass is 16.2. The zero-order valence-corrected chi connectivity index (χ0v) is 11.4. The van der Waals surface area contributed by atoms with Gasteiger partial charge in [-0.1, -0.05) is 0 Å². The Kier molecular flexibility index (Phi) is 3.40. The van der Waals surface area contributed by atoms with Gasteiger partial charge in [-0.3, -0.25) is 4.79 Å². The number of carbonyl (C=O) groups excluding carboxylic acids is 1. The lowest BCUT2D eigenvalue weighted by atomic mass is 10.2. The first kappa shape index (κ1) is 12.5. The van der Waals surface area contributed by atoms with Gasteiger partial charge in [-0.15, -0.1) is 0 Å². The van der Waals surface area contributed by atoms with Gasteiger partial charge in [0.1, 0.15) is 5.82 Å². The van der Waals surface area contributed by atoms with Crippen LogP contribution in [0, 0.1) is 11.8 Å². The molecule has 4 heteroatoms. The molecule has 1 aromatic rings. The fraction of sp³-hybridized carbons (Fsp3) is 0.600. The second-order valence-electron chi connectivity index (χ2n) is 5.75. The molecule has 1 N–H and O–H groups in total. The molecule has 1 amide bonds. The molecule has 0 atom stereocenters. The number of carbonyl (C=O) groups is 1. The van der Waals surface area contributed by atoms with Crippen LogP contribution in [-0.2, 0) is 0 Å². The maximum Gasteiger partial charge on any atom is 0.257 e. The molecule has 0 aliphatic heterocycles. The molecule has 0 spiro atoms. The van der Waals surface area contributed by atoms with E-state index < -0.39 is 0 Å². The van der Waals surface area contributed by atoms with Gasteiger partial charge in [0.05, 0.1) is 5.56 Å². The third-order valence-electron chi connectivity index (χ3n) is 3.91. The quantitative estimate of drug-likeness (QED) is 0.853. The first-order chi connectivity index (χ1) is 9.28. The van der Waals surface area contributed by atoms with Gasteiger partial charge in [0.25, 0.3) is 5.91 Å². The largest absolute Gasteiger partial charge is 0.372 e. The Morgan fingerprint density at radius 1 is 1.32 bits per heavy atom. The Balaban J connectivity index is 1.76. The van der Waals surface area contributed by atoms with Crippen LogP contribution in [0.1, 0.15) is 36.0 Å². The lowest BCUT2D eigenvalue weighted by Crippen LogP contribution is -2.35. The van der Waals surface area contributed by atoms with E-state index in [2.05, 4.69) is 10.3 Å². The summed E-state index contributed by atoms with van der Waals surface area (Å²) in [4.78, 5) is 19.0. The van der Waals surface area contributed by atoms with Crippen LogP contribution in [0.15, 0.2) is 18.3 Å². The fourth-order valence-electron chi connectivity index (χ4n) is 2.41. The summed E-state index contributed by atoms with van der Waals surface area (Å²) in [6.45, 7) is 1.85. The Hall–Kier alpha value is -1.58. The van der Waals surface area contributed by atoms with Crippen LogP contribution in [0.3, 0.4) is 0 Å². The normalized spacial score (nSPS) is 18.2. The van der Waals surface area contributed by atoms with Gasteiger partial charge in [0, 0.05) is 26.3 Å². The summed E-state index contributed by atoms with van der Waals surface area (Å²) in [6, 6.07) is 3.70. The Labute approximate surface area is 114 Å².